The summed E-state index contributed by atoms with van der Waals surface area (Å²) in [4.78, 5) is 23.2. The van der Waals surface area contributed by atoms with Crippen LogP contribution in [0.15, 0.2) is 36.1 Å². The first kappa shape index (κ1) is 20.2. The summed E-state index contributed by atoms with van der Waals surface area (Å²) in [6.45, 7) is 0.678. The Morgan fingerprint density at radius 3 is 2.68 bits per heavy atom. The van der Waals surface area contributed by atoms with Crippen molar-refractivity contribution in [2.45, 2.75) is 44.9 Å². The van der Waals surface area contributed by atoms with Crippen LogP contribution in [0.3, 0.4) is 0 Å². The van der Waals surface area contributed by atoms with Gasteiger partial charge in [-0.1, -0.05) is 29.3 Å². The highest BCUT2D eigenvalue weighted by atomic mass is 35.5. The molecule has 7 nitrogen and oxygen atoms in total. The zero-order chi connectivity index (χ0) is 21.5. The third-order valence-corrected chi connectivity index (χ3v) is 6.26. The number of rotatable bonds is 4. The maximum atomic E-state index is 12.7. The molecule has 0 bridgehead atoms. The van der Waals surface area contributed by atoms with Gasteiger partial charge in [0, 0.05) is 16.3 Å². The minimum absolute atomic E-state index is 0.117. The van der Waals surface area contributed by atoms with E-state index in [1.807, 2.05) is 18.2 Å². The van der Waals surface area contributed by atoms with E-state index in [9.17, 15) is 4.79 Å². The Bertz CT molecular complexity index is 1130. The van der Waals surface area contributed by atoms with Gasteiger partial charge < -0.3 is 20.7 Å². The lowest BCUT2D eigenvalue weighted by Gasteiger charge is -2.20. The maximum absolute atomic E-state index is 12.7. The zero-order valence-corrected chi connectivity index (χ0v) is 18.2. The molecule has 2 aromatic rings. The van der Waals surface area contributed by atoms with Gasteiger partial charge in [-0.25, -0.2) is 14.8 Å². The number of nitrogens with zero attached hydrogens (tertiary/aromatic N) is 3. The van der Waals surface area contributed by atoms with Crippen molar-refractivity contribution in [1.29, 1.82) is 0 Å². The summed E-state index contributed by atoms with van der Waals surface area (Å²) in [5.41, 5.74) is 9.53. The first-order chi connectivity index (χ1) is 15.0. The number of ether oxygens (including phenoxy) is 1. The standard InChI is InChI=1S/C22H21Cl2N5O2/c23-12-8-16(24)19(18(9-12)31-14-6-1-2-7-14)20-15-10-29(11-17(15)27-21(25)28-20)22(30)26-13-4-3-5-13/h3-5,8-9,14H,1-2,6-7,10-11H2,(H,26,30)(H2,25,27,28). The van der Waals surface area contributed by atoms with Crippen molar-refractivity contribution in [1.82, 2.24) is 20.2 Å². The van der Waals surface area contributed by atoms with Gasteiger partial charge in [-0.05, 0) is 50.0 Å². The van der Waals surface area contributed by atoms with Gasteiger partial charge in [0.05, 0.1) is 41.2 Å². The van der Waals surface area contributed by atoms with Crippen LogP contribution >= 0.6 is 23.2 Å². The minimum atomic E-state index is -0.206. The molecule has 5 rings (SSSR count). The largest absolute Gasteiger partial charge is 0.490 e. The van der Waals surface area contributed by atoms with E-state index in [1.54, 1.807) is 17.0 Å². The maximum Gasteiger partial charge on any atom is 0.322 e. The molecule has 9 heteroatoms. The second-order valence-electron chi connectivity index (χ2n) is 7.91. The van der Waals surface area contributed by atoms with Crippen molar-refractivity contribution in [2.24, 2.45) is 0 Å². The van der Waals surface area contributed by atoms with Crippen molar-refractivity contribution in [3.63, 3.8) is 0 Å². The van der Waals surface area contributed by atoms with Crippen molar-refractivity contribution >= 4 is 35.2 Å². The summed E-state index contributed by atoms with van der Waals surface area (Å²) in [5, 5.41) is 3.77. The summed E-state index contributed by atoms with van der Waals surface area (Å²) < 4.78 is 6.29. The molecule has 0 saturated heterocycles. The van der Waals surface area contributed by atoms with Crippen LogP contribution in [0.2, 0.25) is 10.0 Å². The molecule has 1 aliphatic heterocycles. The molecule has 3 aliphatic rings. The number of carbonyl (C=O) groups excluding carboxylic acids is 1. The number of allylic oxidation sites excluding steroid dienone is 3. The first-order valence-electron chi connectivity index (χ1n) is 10.2. The third kappa shape index (κ3) is 3.95. The van der Waals surface area contributed by atoms with Crippen LogP contribution < -0.4 is 15.8 Å². The van der Waals surface area contributed by atoms with Gasteiger partial charge in [-0.2, -0.15) is 0 Å². The molecule has 0 spiro atoms. The second-order valence-corrected chi connectivity index (χ2v) is 8.75. The van der Waals surface area contributed by atoms with Gasteiger partial charge in [0.25, 0.3) is 0 Å². The number of carbonyl (C=O) groups is 1. The normalized spacial score (nSPS) is 17.4. The molecule has 1 aromatic carbocycles. The van der Waals surface area contributed by atoms with Crippen LogP contribution in [0, 0.1) is 0 Å². The molecule has 160 valence electrons. The SMILES string of the molecule is Nc1nc2c(c(-c3c(Cl)cc(Cl)cc3OC3CCCC3)n1)CN(C(=O)NC1=CC=C1)C2. The van der Waals surface area contributed by atoms with E-state index in [0.29, 0.717) is 45.8 Å². The van der Waals surface area contributed by atoms with E-state index in [1.165, 1.54) is 0 Å². The number of hydrogen-bond donors (Lipinski definition) is 2. The summed E-state index contributed by atoms with van der Waals surface area (Å²) in [6, 6.07) is 3.22. The fourth-order valence-electron chi connectivity index (χ4n) is 4.16. The van der Waals surface area contributed by atoms with Crippen LogP contribution in [0.5, 0.6) is 5.75 Å². The van der Waals surface area contributed by atoms with E-state index in [4.69, 9.17) is 33.7 Å². The highest BCUT2D eigenvalue weighted by Crippen LogP contribution is 2.43. The van der Waals surface area contributed by atoms with Crippen molar-refractivity contribution in [3.05, 3.63) is 57.4 Å². The predicted octanol–water partition coefficient (Wildman–Crippen LogP) is 4.83. The number of fused-ring (bicyclic) bond motifs is 1. The van der Waals surface area contributed by atoms with Crippen molar-refractivity contribution < 1.29 is 9.53 Å². The molecule has 0 radical (unpaired) electrons. The average Bonchev–Trinajstić information content (AvgIpc) is 3.33. The van der Waals surface area contributed by atoms with E-state index in [2.05, 4.69) is 15.3 Å². The Morgan fingerprint density at radius 1 is 1.19 bits per heavy atom. The summed E-state index contributed by atoms with van der Waals surface area (Å²) in [6.07, 6.45) is 9.92. The number of nitrogens with one attached hydrogen (secondary N) is 1. The lowest BCUT2D eigenvalue weighted by molar-refractivity contribution is 0.201. The quantitative estimate of drug-likeness (QED) is 0.685. The van der Waals surface area contributed by atoms with Gasteiger partial charge in [-0.15, -0.1) is 0 Å². The number of aromatic nitrogens is 2. The average molecular weight is 458 g/mol. The monoisotopic (exact) mass is 457 g/mol. The van der Waals surface area contributed by atoms with Crippen LogP contribution in [0.1, 0.15) is 36.9 Å². The predicted molar refractivity (Wildman–Crippen MR) is 120 cm³/mol. The zero-order valence-electron chi connectivity index (χ0n) is 16.7. The van der Waals surface area contributed by atoms with Gasteiger partial charge in [0.1, 0.15) is 5.75 Å². The number of urea groups is 1. The minimum Gasteiger partial charge on any atom is -0.490 e. The number of amides is 2. The van der Waals surface area contributed by atoms with Crippen molar-refractivity contribution in [2.75, 3.05) is 5.73 Å². The Kier molecular flexibility index (Phi) is 5.24. The molecule has 0 atom stereocenters. The Balaban J connectivity index is 1.51. The van der Waals surface area contributed by atoms with E-state index >= 15 is 0 Å². The Hall–Kier alpha value is -2.77. The Morgan fingerprint density at radius 2 is 1.97 bits per heavy atom. The first-order valence-corrected chi connectivity index (χ1v) is 11.0. The highest BCUT2D eigenvalue weighted by Gasteiger charge is 2.31. The second kappa shape index (κ2) is 8.05. The highest BCUT2D eigenvalue weighted by molar-refractivity contribution is 6.37. The molecule has 2 amide bonds. The molecule has 1 saturated carbocycles. The molecule has 3 N–H and O–H groups in total. The van der Waals surface area contributed by atoms with E-state index in [0.717, 1.165) is 36.9 Å². The number of nitrogen functional groups attached to an aromatic ring is 1. The number of benzene rings is 1. The van der Waals surface area contributed by atoms with Crippen LogP contribution in [0.4, 0.5) is 10.7 Å². The number of anilines is 1. The van der Waals surface area contributed by atoms with Crippen LogP contribution in [-0.2, 0) is 13.1 Å². The van der Waals surface area contributed by atoms with Crippen molar-refractivity contribution in [3.8, 4) is 17.0 Å². The lowest BCUT2D eigenvalue weighted by atomic mass is 10.0. The molecular weight excluding hydrogens is 437 g/mol. The summed E-state index contributed by atoms with van der Waals surface area (Å²) >= 11 is 12.9. The Labute approximate surface area is 189 Å². The van der Waals surface area contributed by atoms with Gasteiger partial charge in [0.15, 0.2) is 0 Å². The number of nitrogens with two attached hydrogens (primary N) is 1. The fourth-order valence-corrected chi connectivity index (χ4v) is 4.73. The van der Waals surface area contributed by atoms with Crippen LogP contribution in [0.25, 0.3) is 11.3 Å². The van der Waals surface area contributed by atoms with Gasteiger partial charge in [-0.3, -0.25) is 0 Å². The molecule has 2 heterocycles. The molecule has 1 fully saturated rings. The van der Waals surface area contributed by atoms with Crippen LogP contribution in [-0.4, -0.2) is 27.0 Å². The van der Waals surface area contributed by atoms with E-state index in [-0.39, 0.29) is 18.1 Å². The topological polar surface area (TPSA) is 93.4 Å². The fraction of sp³-hybridized carbons (Fsp3) is 0.318. The summed E-state index contributed by atoms with van der Waals surface area (Å²) in [5.74, 6) is 0.704. The van der Waals surface area contributed by atoms with Gasteiger partial charge >= 0.3 is 6.03 Å². The molecule has 0 unspecified atom stereocenters. The number of halogens is 2. The molecular formula is C22H21Cl2N5O2. The molecule has 2 aliphatic carbocycles. The summed E-state index contributed by atoms with van der Waals surface area (Å²) in [7, 11) is 0. The third-order valence-electron chi connectivity index (χ3n) is 5.74. The van der Waals surface area contributed by atoms with E-state index < -0.39 is 0 Å². The molecule has 31 heavy (non-hydrogen) atoms. The van der Waals surface area contributed by atoms with Gasteiger partial charge in [0.2, 0.25) is 5.95 Å². The smallest absolute Gasteiger partial charge is 0.322 e. The lowest BCUT2D eigenvalue weighted by Crippen LogP contribution is -2.36. The number of hydrogen-bond acceptors (Lipinski definition) is 5. The molecule has 1 aromatic heterocycles.